The number of pyridine rings is 1. The summed E-state index contributed by atoms with van der Waals surface area (Å²) in [5.41, 5.74) is 17.8. The number of nitrogens with one attached hydrogen (secondary N) is 2. The van der Waals surface area contributed by atoms with Crippen molar-refractivity contribution >= 4 is 23.0 Å². The van der Waals surface area contributed by atoms with Gasteiger partial charge in [0.15, 0.2) is 5.82 Å². The van der Waals surface area contributed by atoms with Crippen LogP contribution in [0.15, 0.2) is 54.7 Å². The summed E-state index contributed by atoms with van der Waals surface area (Å²) in [7, 11) is 0. The molecule has 25 heavy (non-hydrogen) atoms. The summed E-state index contributed by atoms with van der Waals surface area (Å²) >= 11 is 0. The highest BCUT2D eigenvalue weighted by Crippen LogP contribution is 2.34. The zero-order valence-corrected chi connectivity index (χ0v) is 14.3. The lowest BCUT2D eigenvalue weighted by molar-refractivity contribution is 1.28. The number of anilines is 3. The van der Waals surface area contributed by atoms with Gasteiger partial charge in [0.1, 0.15) is 5.84 Å². The van der Waals surface area contributed by atoms with Gasteiger partial charge in [0, 0.05) is 17.4 Å². The lowest BCUT2D eigenvalue weighted by Gasteiger charge is -2.17. The second-order valence-electron chi connectivity index (χ2n) is 5.98. The van der Waals surface area contributed by atoms with Crippen molar-refractivity contribution in [2.75, 3.05) is 11.1 Å². The van der Waals surface area contributed by atoms with E-state index in [1.807, 2.05) is 62.4 Å². The third-order valence-corrected chi connectivity index (χ3v) is 4.22. The summed E-state index contributed by atoms with van der Waals surface area (Å²) in [6.07, 6.45) is 1.72. The smallest absolute Gasteiger partial charge is 0.154 e. The Morgan fingerprint density at radius 3 is 2.24 bits per heavy atom. The van der Waals surface area contributed by atoms with E-state index in [1.165, 1.54) is 0 Å². The molecule has 1 heterocycles. The molecule has 0 saturated heterocycles. The molecule has 0 amide bonds. The molecule has 0 bridgehead atoms. The molecular weight excluding hydrogens is 310 g/mol. The van der Waals surface area contributed by atoms with E-state index in [2.05, 4.69) is 10.3 Å². The monoisotopic (exact) mass is 331 g/mol. The van der Waals surface area contributed by atoms with Crippen LogP contribution in [0.25, 0.3) is 11.1 Å². The molecule has 6 N–H and O–H groups in total. The zero-order valence-electron chi connectivity index (χ0n) is 14.3. The molecule has 126 valence electrons. The fourth-order valence-electron chi connectivity index (χ4n) is 2.84. The van der Waals surface area contributed by atoms with Crippen molar-refractivity contribution in [2.45, 2.75) is 13.8 Å². The van der Waals surface area contributed by atoms with Gasteiger partial charge in [0.2, 0.25) is 0 Å². The summed E-state index contributed by atoms with van der Waals surface area (Å²) < 4.78 is 0. The van der Waals surface area contributed by atoms with Gasteiger partial charge in [0.25, 0.3) is 0 Å². The molecule has 0 atom stereocenters. The van der Waals surface area contributed by atoms with Crippen LogP contribution in [-0.2, 0) is 0 Å². The third-order valence-electron chi connectivity index (χ3n) is 4.22. The highest BCUT2D eigenvalue weighted by molar-refractivity contribution is 6.08. The van der Waals surface area contributed by atoms with Crippen molar-refractivity contribution in [2.24, 2.45) is 5.73 Å². The first kappa shape index (κ1) is 16.5. The minimum atomic E-state index is -0.0778. The summed E-state index contributed by atoms with van der Waals surface area (Å²) in [6.45, 7) is 4.01. The van der Waals surface area contributed by atoms with E-state index in [1.54, 1.807) is 6.20 Å². The number of benzene rings is 2. The number of hydrogen-bond donors (Lipinski definition) is 4. The van der Waals surface area contributed by atoms with Crippen LogP contribution in [0.1, 0.15) is 16.7 Å². The molecule has 5 heteroatoms. The molecule has 0 radical (unpaired) electrons. The second kappa shape index (κ2) is 6.65. The van der Waals surface area contributed by atoms with E-state index in [0.717, 1.165) is 27.9 Å². The average Bonchev–Trinajstić information content (AvgIpc) is 2.58. The van der Waals surface area contributed by atoms with Crippen molar-refractivity contribution < 1.29 is 0 Å². The topological polar surface area (TPSA) is 101 Å². The molecule has 3 rings (SSSR count). The number of para-hydroxylation sites is 1. The Balaban J connectivity index is 2.13. The molecule has 0 spiro atoms. The zero-order chi connectivity index (χ0) is 18.0. The Morgan fingerprint density at radius 2 is 1.60 bits per heavy atom. The van der Waals surface area contributed by atoms with E-state index in [9.17, 15) is 0 Å². The van der Waals surface area contributed by atoms with E-state index in [0.29, 0.717) is 17.1 Å². The number of amidine groups is 1. The number of aromatic nitrogens is 1. The number of aryl methyl sites for hydroxylation is 2. The van der Waals surface area contributed by atoms with Gasteiger partial charge in [-0.1, -0.05) is 42.5 Å². The van der Waals surface area contributed by atoms with E-state index in [-0.39, 0.29) is 5.84 Å². The van der Waals surface area contributed by atoms with Gasteiger partial charge in [-0.25, -0.2) is 4.98 Å². The number of rotatable bonds is 4. The summed E-state index contributed by atoms with van der Waals surface area (Å²) in [5.74, 6) is 0.419. The minimum Gasteiger partial charge on any atom is -0.395 e. The average molecular weight is 331 g/mol. The van der Waals surface area contributed by atoms with Gasteiger partial charge in [0.05, 0.1) is 11.3 Å². The number of nitrogens with zero attached hydrogens (tertiary/aromatic N) is 1. The van der Waals surface area contributed by atoms with Gasteiger partial charge >= 0.3 is 0 Å². The van der Waals surface area contributed by atoms with E-state index in [4.69, 9.17) is 16.9 Å². The van der Waals surface area contributed by atoms with Crippen LogP contribution in [0.3, 0.4) is 0 Å². The number of nitrogens with two attached hydrogens (primary N) is 2. The Labute approximate surface area is 147 Å². The van der Waals surface area contributed by atoms with Crippen LogP contribution in [0, 0.1) is 19.3 Å². The van der Waals surface area contributed by atoms with Crippen LogP contribution >= 0.6 is 0 Å². The Bertz CT molecular complexity index is 947. The predicted molar refractivity (Wildman–Crippen MR) is 104 cm³/mol. The van der Waals surface area contributed by atoms with Crippen molar-refractivity contribution in [3.63, 3.8) is 0 Å². The van der Waals surface area contributed by atoms with Crippen LogP contribution in [0.5, 0.6) is 0 Å². The lowest BCUT2D eigenvalue weighted by atomic mass is 9.96. The van der Waals surface area contributed by atoms with Gasteiger partial charge in [-0.15, -0.1) is 0 Å². The van der Waals surface area contributed by atoms with Gasteiger partial charge in [-0.05, 0) is 36.6 Å². The molecule has 0 aliphatic rings. The molecule has 0 aliphatic carbocycles. The van der Waals surface area contributed by atoms with Gasteiger partial charge in [-0.2, -0.15) is 0 Å². The lowest BCUT2D eigenvalue weighted by Crippen LogP contribution is -2.17. The summed E-state index contributed by atoms with van der Waals surface area (Å²) in [4.78, 5) is 4.49. The molecule has 3 aromatic rings. The molecule has 0 unspecified atom stereocenters. The fraction of sp³-hybridized carbons (Fsp3) is 0.100. The maximum Gasteiger partial charge on any atom is 0.154 e. The van der Waals surface area contributed by atoms with E-state index < -0.39 is 0 Å². The van der Waals surface area contributed by atoms with Crippen LogP contribution < -0.4 is 16.8 Å². The van der Waals surface area contributed by atoms with Gasteiger partial charge in [-0.3, -0.25) is 5.41 Å². The first-order valence-corrected chi connectivity index (χ1v) is 8.00. The van der Waals surface area contributed by atoms with E-state index >= 15 is 0 Å². The quantitative estimate of drug-likeness (QED) is 0.429. The minimum absolute atomic E-state index is 0.0778. The molecule has 0 saturated carbocycles. The number of nitrogen functional groups attached to an aromatic ring is 2. The van der Waals surface area contributed by atoms with Crippen LogP contribution in [0.2, 0.25) is 0 Å². The normalized spacial score (nSPS) is 10.5. The fourth-order valence-corrected chi connectivity index (χ4v) is 2.84. The maximum atomic E-state index is 8.00. The molecular formula is C20H21N5. The molecule has 5 nitrogen and oxygen atoms in total. The number of hydrogen-bond acceptors (Lipinski definition) is 4. The molecule has 0 aliphatic heterocycles. The van der Waals surface area contributed by atoms with Crippen LogP contribution in [-0.4, -0.2) is 10.8 Å². The van der Waals surface area contributed by atoms with Crippen molar-refractivity contribution in [1.29, 1.82) is 5.41 Å². The molecule has 2 aromatic carbocycles. The van der Waals surface area contributed by atoms with Crippen LogP contribution in [0.4, 0.5) is 17.2 Å². The highest BCUT2D eigenvalue weighted by atomic mass is 15.0. The SMILES string of the molecule is Cc1ccccc1Nc1ncc(-c2ccccc2C)c(C(=N)N)c1N. The second-order valence-corrected chi connectivity index (χ2v) is 5.98. The summed E-state index contributed by atoms with van der Waals surface area (Å²) in [6, 6.07) is 15.8. The van der Waals surface area contributed by atoms with Crippen molar-refractivity contribution in [3.8, 4) is 11.1 Å². The predicted octanol–water partition coefficient (Wildman–Crippen LogP) is 3.98. The largest absolute Gasteiger partial charge is 0.395 e. The van der Waals surface area contributed by atoms with Crippen molar-refractivity contribution in [1.82, 2.24) is 4.98 Å². The first-order valence-electron chi connectivity index (χ1n) is 8.00. The first-order chi connectivity index (χ1) is 12.0. The molecule has 0 fully saturated rings. The standard InChI is InChI=1S/C20H21N5/c1-12-7-3-5-9-14(12)15-11-24-20(18(21)17(15)19(22)23)25-16-10-6-4-8-13(16)2/h3-11H,21H2,1-2H3,(H3,22,23)(H,24,25). The van der Waals surface area contributed by atoms with Crippen molar-refractivity contribution in [3.05, 3.63) is 71.4 Å². The molecule has 1 aromatic heterocycles. The Hall–Kier alpha value is -3.34. The van der Waals surface area contributed by atoms with Gasteiger partial charge < -0.3 is 16.8 Å². The maximum absolute atomic E-state index is 8.00. The summed E-state index contributed by atoms with van der Waals surface area (Å²) in [5, 5.41) is 11.2. The Kier molecular flexibility index (Phi) is 4.39. The highest BCUT2D eigenvalue weighted by Gasteiger charge is 2.17. The Morgan fingerprint density at radius 1 is 0.960 bits per heavy atom. The third kappa shape index (κ3) is 3.17.